The van der Waals surface area contributed by atoms with Crippen LogP contribution < -0.4 is 5.32 Å². The first kappa shape index (κ1) is 17.2. The van der Waals surface area contributed by atoms with E-state index in [2.05, 4.69) is 46.2 Å². The Bertz CT molecular complexity index is 642. The summed E-state index contributed by atoms with van der Waals surface area (Å²) in [5.74, 6) is 1.71. The molecular weight excluding hydrogens is 302 g/mol. The molecule has 3 heterocycles. The van der Waals surface area contributed by atoms with Crippen molar-refractivity contribution in [2.45, 2.75) is 52.2 Å². The molecule has 0 unspecified atom stereocenters. The molecule has 2 aromatic heterocycles. The molecule has 6 nitrogen and oxygen atoms in total. The van der Waals surface area contributed by atoms with Crippen molar-refractivity contribution in [1.82, 2.24) is 24.6 Å². The van der Waals surface area contributed by atoms with E-state index >= 15 is 0 Å². The SMILES string of the molecule is CCc1nn(C)cc1CN[C@@H](c1nccn1CC)C1CCOCC1. The van der Waals surface area contributed by atoms with Gasteiger partial charge in [0.2, 0.25) is 0 Å². The van der Waals surface area contributed by atoms with Crippen molar-refractivity contribution in [1.29, 1.82) is 0 Å². The second kappa shape index (κ2) is 7.94. The van der Waals surface area contributed by atoms with Gasteiger partial charge in [0.1, 0.15) is 5.82 Å². The van der Waals surface area contributed by atoms with Gasteiger partial charge in [-0.25, -0.2) is 4.98 Å². The Hall–Kier alpha value is -1.66. The number of nitrogens with zero attached hydrogens (tertiary/aromatic N) is 4. The third-order valence-electron chi connectivity index (χ3n) is 4.94. The van der Waals surface area contributed by atoms with Gasteiger partial charge < -0.3 is 14.6 Å². The lowest BCUT2D eigenvalue weighted by molar-refractivity contribution is 0.0517. The molecule has 2 aromatic rings. The maximum Gasteiger partial charge on any atom is 0.126 e. The molecule has 3 rings (SSSR count). The highest BCUT2D eigenvalue weighted by Crippen LogP contribution is 2.30. The molecule has 132 valence electrons. The summed E-state index contributed by atoms with van der Waals surface area (Å²) in [4.78, 5) is 4.66. The fraction of sp³-hybridized carbons (Fsp3) is 0.667. The van der Waals surface area contributed by atoms with Crippen LogP contribution in [0.25, 0.3) is 0 Å². The standard InChI is InChI=1S/C18H29N5O/c1-4-16-15(13-22(3)21-16)12-20-17(14-6-10-24-11-7-14)18-19-8-9-23(18)5-2/h8-9,13-14,17,20H,4-7,10-12H2,1-3H3/t17-/m1/s1. The smallest absolute Gasteiger partial charge is 0.126 e. The van der Waals surface area contributed by atoms with Crippen LogP contribution in [0, 0.1) is 5.92 Å². The minimum atomic E-state index is 0.258. The summed E-state index contributed by atoms with van der Waals surface area (Å²) in [6.07, 6.45) is 9.24. The van der Waals surface area contributed by atoms with Crippen LogP contribution in [0.5, 0.6) is 0 Å². The van der Waals surface area contributed by atoms with Crippen molar-refractivity contribution < 1.29 is 4.74 Å². The summed E-state index contributed by atoms with van der Waals surface area (Å²) in [7, 11) is 1.99. The van der Waals surface area contributed by atoms with E-state index in [0.29, 0.717) is 5.92 Å². The molecule has 0 radical (unpaired) electrons. The maximum atomic E-state index is 5.56. The van der Waals surface area contributed by atoms with Gasteiger partial charge in [-0.05, 0) is 32.1 Å². The zero-order valence-electron chi connectivity index (χ0n) is 15.0. The van der Waals surface area contributed by atoms with Crippen LogP contribution >= 0.6 is 0 Å². The van der Waals surface area contributed by atoms with Crippen molar-refractivity contribution >= 4 is 0 Å². The van der Waals surface area contributed by atoms with Crippen LogP contribution in [0.2, 0.25) is 0 Å². The summed E-state index contributed by atoms with van der Waals surface area (Å²) in [5.41, 5.74) is 2.46. The van der Waals surface area contributed by atoms with E-state index in [1.165, 1.54) is 11.3 Å². The first-order chi connectivity index (χ1) is 11.7. The molecule has 24 heavy (non-hydrogen) atoms. The normalized spacial score (nSPS) is 17.3. The quantitative estimate of drug-likeness (QED) is 0.847. The molecule has 1 aliphatic heterocycles. The van der Waals surface area contributed by atoms with E-state index in [1.807, 2.05) is 17.9 Å². The number of aromatic nitrogens is 4. The minimum Gasteiger partial charge on any atom is -0.381 e. The van der Waals surface area contributed by atoms with Gasteiger partial charge in [0, 0.05) is 57.5 Å². The van der Waals surface area contributed by atoms with E-state index in [-0.39, 0.29) is 6.04 Å². The average molecular weight is 331 g/mol. The first-order valence-corrected chi connectivity index (χ1v) is 9.06. The Morgan fingerprint density at radius 2 is 2.12 bits per heavy atom. The van der Waals surface area contributed by atoms with Gasteiger partial charge in [-0.2, -0.15) is 5.10 Å². The Morgan fingerprint density at radius 3 is 2.83 bits per heavy atom. The van der Waals surface area contributed by atoms with Gasteiger partial charge >= 0.3 is 0 Å². The molecule has 1 aliphatic rings. The third-order valence-corrected chi connectivity index (χ3v) is 4.94. The van der Waals surface area contributed by atoms with E-state index in [9.17, 15) is 0 Å². The van der Waals surface area contributed by atoms with E-state index < -0.39 is 0 Å². The van der Waals surface area contributed by atoms with Crippen molar-refractivity contribution in [3.05, 3.63) is 35.7 Å². The summed E-state index contributed by atoms with van der Waals surface area (Å²) in [6, 6.07) is 0.258. The van der Waals surface area contributed by atoms with Crippen molar-refractivity contribution in [3.63, 3.8) is 0 Å². The van der Waals surface area contributed by atoms with E-state index in [0.717, 1.165) is 51.4 Å². The largest absolute Gasteiger partial charge is 0.381 e. The summed E-state index contributed by atoms with van der Waals surface area (Å²) in [6.45, 7) is 7.80. The molecule has 6 heteroatoms. The van der Waals surface area contributed by atoms with E-state index in [1.54, 1.807) is 0 Å². The van der Waals surface area contributed by atoms with Crippen LogP contribution in [0.1, 0.15) is 49.8 Å². The van der Waals surface area contributed by atoms with Gasteiger partial charge in [-0.1, -0.05) is 6.92 Å². The zero-order valence-corrected chi connectivity index (χ0v) is 15.0. The maximum absolute atomic E-state index is 5.56. The predicted molar refractivity (Wildman–Crippen MR) is 93.6 cm³/mol. The molecule has 0 saturated carbocycles. The molecular formula is C18H29N5O. The summed E-state index contributed by atoms with van der Waals surface area (Å²) in [5, 5.41) is 8.33. The van der Waals surface area contributed by atoms with Crippen LogP contribution in [0.4, 0.5) is 0 Å². The lowest BCUT2D eigenvalue weighted by Crippen LogP contribution is -2.34. The van der Waals surface area contributed by atoms with E-state index in [4.69, 9.17) is 4.74 Å². The van der Waals surface area contributed by atoms with Crippen LogP contribution in [0.3, 0.4) is 0 Å². The number of aryl methyl sites for hydroxylation is 3. The molecule has 1 atom stereocenters. The predicted octanol–water partition coefficient (Wildman–Crippen LogP) is 2.46. The number of nitrogens with one attached hydrogen (secondary N) is 1. The Balaban J connectivity index is 1.79. The van der Waals surface area contributed by atoms with Gasteiger partial charge in [-0.3, -0.25) is 4.68 Å². The first-order valence-electron chi connectivity index (χ1n) is 9.06. The fourth-order valence-corrected chi connectivity index (χ4v) is 3.63. The molecule has 0 spiro atoms. The molecule has 0 amide bonds. The minimum absolute atomic E-state index is 0.258. The number of imidazole rings is 1. The van der Waals surface area contributed by atoms with Gasteiger partial charge in [0.25, 0.3) is 0 Å². The lowest BCUT2D eigenvalue weighted by Gasteiger charge is -2.31. The molecule has 1 fully saturated rings. The molecule has 0 bridgehead atoms. The number of hydrogen-bond donors (Lipinski definition) is 1. The zero-order chi connectivity index (χ0) is 16.9. The van der Waals surface area contributed by atoms with Crippen molar-refractivity contribution in [2.24, 2.45) is 13.0 Å². The summed E-state index contributed by atoms with van der Waals surface area (Å²) >= 11 is 0. The van der Waals surface area contributed by atoms with Crippen LogP contribution in [-0.4, -0.2) is 32.5 Å². The van der Waals surface area contributed by atoms with Crippen LogP contribution in [0.15, 0.2) is 18.6 Å². The number of ether oxygens (including phenoxy) is 1. The third kappa shape index (κ3) is 3.70. The molecule has 1 saturated heterocycles. The van der Waals surface area contributed by atoms with Gasteiger partial charge in [0.15, 0.2) is 0 Å². The lowest BCUT2D eigenvalue weighted by atomic mass is 9.91. The summed E-state index contributed by atoms with van der Waals surface area (Å²) < 4.78 is 9.71. The molecule has 0 aromatic carbocycles. The Kier molecular flexibility index (Phi) is 5.68. The van der Waals surface area contributed by atoms with Crippen molar-refractivity contribution in [3.8, 4) is 0 Å². The second-order valence-corrected chi connectivity index (χ2v) is 6.51. The highest BCUT2D eigenvalue weighted by atomic mass is 16.5. The monoisotopic (exact) mass is 331 g/mol. The topological polar surface area (TPSA) is 56.9 Å². The average Bonchev–Trinajstić information content (AvgIpc) is 3.22. The molecule has 0 aliphatic carbocycles. The van der Waals surface area contributed by atoms with Crippen molar-refractivity contribution in [2.75, 3.05) is 13.2 Å². The Labute approximate surface area is 144 Å². The van der Waals surface area contributed by atoms with Gasteiger partial charge in [0.05, 0.1) is 11.7 Å². The van der Waals surface area contributed by atoms with Gasteiger partial charge in [-0.15, -0.1) is 0 Å². The van der Waals surface area contributed by atoms with Crippen LogP contribution in [-0.2, 0) is 31.3 Å². The second-order valence-electron chi connectivity index (χ2n) is 6.51. The number of rotatable bonds is 7. The fourth-order valence-electron chi connectivity index (χ4n) is 3.63. The molecule has 1 N–H and O–H groups in total. The Morgan fingerprint density at radius 1 is 1.33 bits per heavy atom. The highest BCUT2D eigenvalue weighted by molar-refractivity contribution is 5.17. The number of hydrogen-bond acceptors (Lipinski definition) is 4. The highest BCUT2D eigenvalue weighted by Gasteiger charge is 2.28.